The Hall–Kier alpha value is -6.78. The first-order valence-electron chi connectivity index (χ1n) is 19.8. The van der Waals surface area contributed by atoms with Crippen LogP contribution in [0.5, 0.6) is 0 Å². The van der Waals surface area contributed by atoms with Crippen molar-refractivity contribution in [2.45, 2.75) is 5.41 Å². The SMILES string of the molecule is c1ccc(N(c2ccc(-c3cccc4sc5ccc6c7ccccc7sc6c5c34)cc2)c2ccc3c(c2)C(c2ccccc2)(c2ccccc2)c2ccccc2-3)cc1. The summed E-state index contributed by atoms with van der Waals surface area (Å²) in [5, 5.41) is 5.41. The summed E-state index contributed by atoms with van der Waals surface area (Å²) in [5.41, 5.74) is 13.1. The molecule has 12 rings (SSSR count). The molecular weight excluding hydrogens is 739 g/mol. The standard InChI is InChI=1S/C55H35NS2/c1-4-15-37(16-5-1)55(38-17-6-2-7-18-38)47-24-12-10-21-43(47)44-32-31-41(35-48(44)55)56(39-19-8-3-9-20-39)40-29-27-36(28-30-40)42-23-14-26-50-52(42)53-51(57-50)34-33-46-45-22-11-13-25-49(45)58-54(46)53/h1-35H. The summed E-state index contributed by atoms with van der Waals surface area (Å²) >= 11 is 3.82. The van der Waals surface area contributed by atoms with Gasteiger partial charge in [-0.25, -0.2) is 0 Å². The molecule has 0 amide bonds. The maximum atomic E-state index is 2.45. The molecule has 1 aliphatic carbocycles. The molecule has 272 valence electrons. The second kappa shape index (κ2) is 13.1. The zero-order valence-electron chi connectivity index (χ0n) is 31.5. The first kappa shape index (κ1) is 33.4. The van der Waals surface area contributed by atoms with Gasteiger partial charge in [0, 0.05) is 57.4 Å². The van der Waals surface area contributed by atoms with E-state index in [0.29, 0.717) is 0 Å². The van der Waals surface area contributed by atoms with Crippen LogP contribution >= 0.6 is 22.7 Å². The van der Waals surface area contributed by atoms with Gasteiger partial charge in [-0.2, -0.15) is 0 Å². The fourth-order valence-electron chi connectivity index (χ4n) is 9.71. The molecule has 0 saturated carbocycles. The maximum absolute atomic E-state index is 2.45. The molecule has 2 aromatic heterocycles. The summed E-state index contributed by atoms with van der Waals surface area (Å²) in [4.78, 5) is 2.41. The van der Waals surface area contributed by atoms with E-state index in [9.17, 15) is 0 Å². The van der Waals surface area contributed by atoms with Gasteiger partial charge >= 0.3 is 0 Å². The van der Waals surface area contributed by atoms with Crippen LogP contribution in [-0.2, 0) is 5.41 Å². The molecule has 11 aromatic rings. The quantitative estimate of drug-likeness (QED) is 0.163. The van der Waals surface area contributed by atoms with E-state index in [4.69, 9.17) is 0 Å². The molecule has 1 aliphatic rings. The van der Waals surface area contributed by atoms with Crippen LogP contribution in [0.3, 0.4) is 0 Å². The highest BCUT2D eigenvalue weighted by Crippen LogP contribution is 2.57. The van der Waals surface area contributed by atoms with Crippen LogP contribution in [0.4, 0.5) is 17.1 Å². The summed E-state index contributed by atoms with van der Waals surface area (Å²) in [6, 6.07) is 78.5. The van der Waals surface area contributed by atoms with E-state index < -0.39 is 5.41 Å². The molecule has 0 aliphatic heterocycles. The lowest BCUT2D eigenvalue weighted by Gasteiger charge is -2.35. The number of anilines is 3. The van der Waals surface area contributed by atoms with Gasteiger partial charge in [0.1, 0.15) is 0 Å². The molecule has 0 atom stereocenters. The van der Waals surface area contributed by atoms with Crippen molar-refractivity contribution in [2.75, 3.05) is 4.90 Å². The second-order valence-electron chi connectivity index (χ2n) is 15.2. The lowest BCUT2D eigenvalue weighted by atomic mass is 9.67. The monoisotopic (exact) mass is 773 g/mol. The Morgan fingerprint density at radius 3 is 1.71 bits per heavy atom. The number of benzene rings is 9. The molecule has 0 N–H and O–H groups in total. The van der Waals surface area contributed by atoms with E-state index in [-0.39, 0.29) is 0 Å². The fourth-order valence-corrected chi connectivity index (χ4v) is 12.2. The van der Waals surface area contributed by atoms with Gasteiger partial charge in [-0.1, -0.05) is 158 Å². The van der Waals surface area contributed by atoms with Gasteiger partial charge in [0.15, 0.2) is 0 Å². The highest BCUT2D eigenvalue weighted by atomic mass is 32.1. The molecular formula is C55H35NS2. The Balaban J connectivity index is 1.04. The highest BCUT2D eigenvalue weighted by Gasteiger charge is 2.46. The van der Waals surface area contributed by atoms with Gasteiger partial charge in [0.25, 0.3) is 0 Å². The third kappa shape index (κ3) is 4.87. The Bertz CT molecular complexity index is 3290. The van der Waals surface area contributed by atoms with Crippen molar-refractivity contribution >= 4 is 80.1 Å². The summed E-state index contributed by atoms with van der Waals surface area (Å²) in [6.07, 6.45) is 0. The van der Waals surface area contributed by atoms with Crippen molar-refractivity contribution in [3.8, 4) is 22.3 Å². The molecule has 0 saturated heterocycles. The van der Waals surface area contributed by atoms with Gasteiger partial charge < -0.3 is 4.90 Å². The minimum absolute atomic E-state index is 0.474. The van der Waals surface area contributed by atoms with E-state index in [1.54, 1.807) is 0 Å². The topological polar surface area (TPSA) is 3.24 Å². The first-order chi connectivity index (χ1) is 28.8. The molecule has 0 fully saturated rings. The number of hydrogen-bond donors (Lipinski definition) is 0. The lowest BCUT2D eigenvalue weighted by Crippen LogP contribution is -2.28. The predicted octanol–water partition coefficient (Wildman–Crippen LogP) is 15.9. The highest BCUT2D eigenvalue weighted by molar-refractivity contribution is 7.29. The van der Waals surface area contributed by atoms with Gasteiger partial charge in [-0.3, -0.25) is 0 Å². The molecule has 3 heteroatoms. The van der Waals surface area contributed by atoms with Gasteiger partial charge in [0.2, 0.25) is 0 Å². The summed E-state index contributed by atoms with van der Waals surface area (Å²) in [5.74, 6) is 0. The van der Waals surface area contributed by atoms with E-state index in [2.05, 4.69) is 217 Å². The van der Waals surface area contributed by atoms with Crippen LogP contribution in [0, 0.1) is 0 Å². The molecule has 58 heavy (non-hydrogen) atoms. The number of hydrogen-bond acceptors (Lipinski definition) is 3. The van der Waals surface area contributed by atoms with Crippen molar-refractivity contribution in [3.05, 3.63) is 235 Å². The smallest absolute Gasteiger partial charge is 0.0714 e. The van der Waals surface area contributed by atoms with Crippen LogP contribution in [0.1, 0.15) is 22.3 Å². The van der Waals surface area contributed by atoms with Crippen molar-refractivity contribution < 1.29 is 0 Å². The lowest BCUT2D eigenvalue weighted by molar-refractivity contribution is 0.768. The molecule has 0 bridgehead atoms. The van der Waals surface area contributed by atoms with Gasteiger partial charge in [0.05, 0.1) is 5.41 Å². The van der Waals surface area contributed by atoms with Crippen LogP contribution in [-0.4, -0.2) is 0 Å². The van der Waals surface area contributed by atoms with E-state index in [1.165, 1.54) is 84.9 Å². The molecule has 0 radical (unpaired) electrons. The third-order valence-corrected chi connectivity index (χ3v) is 14.5. The molecule has 0 unspecified atom stereocenters. The van der Waals surface area contributed by atoms with E-state index >= 15 is 0 Å². The van der Waals surface area contributed by atoms with Crippen molar-refractivity contribution in [1.82, 2.24) is 0 Å². The van der Waals surface area contributed by atoms with Crippen LogP contribution in [0.2, 0.25) is 0 Å². The number of thiophene rings is 2. The number of fused-ring (bicyclic) bond motifs is 10. The zero-order chi connectivity index (χ0) is 38.2. The van der Waals surface area contributed by atoms with Crippen molar-refractivity contribution in [1.29, 1.82) is 0 Å². The molecule has 1 nitrogen and oxygen atoms in total. The van der Waals surface area contributed by atoms with E-state index in [0.717, 1.165) is 17.1 Å². The van der Waals surface area contributed by atoms with E-state index in [1.807, 2.05) is 22.7 Å². The molecule has 2 heterocycles. The third-order valence-electron chi connectivity index (χ3n) is 12.2. The Kier molecular flexibility index (Phi) is 7.56. The summed E-state index contributed by atoms with van der Waals surface area (Å²) in [7, 11) is 0. The Labute approximate surface area is 345 Å². The fraction of sp³-hybridized carbons (Fsp3) is 0.0182. The maximum Gasteiger partial charge on any atom is 0.0714 e. The number of rotatable bonds is 6. The predicted molar refractivity (Wildman–Crippen MR) is 250 cm³/mol. The number of para-hydroxylation sites is 1. The van der Waals surface area contributed by atoms with Gasteiger partial charge in [-0.15, -0.1) is 22.7 Å². The average Bonchev–Trinajstić information content (AvgIpc) is 3.96. The Morgan fingerprint density at radius 2 is 0.931 bits per heavy atom. The second-order valence-corrected chi connectivity index (χ2v) is 17.3. The molecule has 0 spiro atoms. The largest absolute Gasteiger partial charge is 0.310 e. The van der Waals surface area contributed by atoms with Crippen LogP contribution in [0.15, 0.2) is 212 Å². The average molecular weight is 774 g/mol. The number of nitrogens with zero attached hydrogens (tertiary/aromatic N) is 1. The van der Waals surface area contributed by atoms with Crippen LogP contribution < -0.4 is 4.90 Å². The minimum Gasteiger partial charge on any atom is -0.310 e. The molecule has 9 aromatic carbocycles. The first-order valence-corrected chi connectivity index (χ1v) is 21.5. The Morgan fingerprint density at radius 1 is 0.345 bits per heavy atom. The van der Waals surface area contributed by atoms with Crippen molar-refractivity contribution in [2.24, 2.45) is 0 Å². The van der Waals surface area contributed by atoms with Crippen LogP contribution in [0.25, 0.3) is 62.6 Å². The summed E-state index contributed by atoms with van der Waals surface area (Å²) < 4.78 is 5.39. The minimum atomic E-state index is -0.474. The van der Waals surface area contributed by atoms with Gasteiger partial charge in [-0.05, 0) is 99.1 Å². The zero-order valence-corrected chi connectivity index (χ0v) is 33.1. The van der Waals surface area contributed by atoms with Crippen molar-refractivity contribution in [3.63, 3.8) is 0 Å². The normalized spacial score (nSPS) is 13.0. The summed E-state index contributed by atoms with van der Waals surface area (Å²) in [6.45, 7) is 0.